The maximum absolute atomic E-state index is 5.85. The minimum absolute atomic E-state index is 0.105. The Labute approximate surface area is 99.6 Å². The number of anilines is 1. The summed E-state index contributed by atoms with van der Waals surface area (Å²) in [5, 5.41) is 0. The zero-order valence-corrected chi connectivity index (χ0v) is 10.6. The van der Waals surface area contributed by atoms with E-state index >= 15 is 0 Å². The smallest absolute Gasteiger partial charge is 0.0510 e. The van der Waals surface area contributed by atoms with Crippen molar-refractivity contribution in [3.8, 4) is 0 Å². The van der Waals surface area contributed by atoms with Crippen molar-refractivity contribution in [1.29, 1.82) is 0 Å². The van der Waals surface area contributed by atoms with Gasteiger partial charge in [0.1, 0.15) is 0 Å². The molecule has 1 aromatic rings. The van der Waals surface area contributed by atoms with Crippen molar-refractivity contribution in [2.45, 2.75) is 25.8 Å². The van der Waals surface area contributed by atoms with Gasteiger partial charge in [0.15, 0.2) is 0 Å². The molecule has 1 heterocycles. The molecule has 2 nitrogen and oxygen atoms in total. The van der Waals surface area contributed by atoms with Gasteiger partial charge in [0.05, 0.1) is 5.69 Å². The van der Waals surface area contributed by atoms with E-state index in [4.69, 9.17) is 5.73 Å². The van der Waals surface area contributed by atoms with E-state index < -0.39 is 0 Å². The Balaban J connectivity index is 2.25. The van der Waals surface area contributed by atoms with Crippen LogP contribution in [0.4, 0.5) is 5.69 Å². The summed E-state index contributed by atoms with van der Waals surface area (Å²) in [6.45, 7) is 4.36. The number of nitrogens with zero attached hydrogens (tertiary/aromatic N) is 1. The highest BCUT2D eigenvalue weighted by Gasteiger charge is 2.15. The summed E-state index contributed by atoms with van der Waals surface area (Å²) in [4.78, 5) is 2.43. The monoisotopic (exact) mass is 268 g/mol. The van der Waals surface area contributed by atoms with E-state index in [0.29, 0.717) is 0 Å². The van der Waals surface area contributed by atoms with Crippen molar-refractivity contribution in [3.05, 3.63) is 28.2 Å². The molecule has 0 saturated carbocycles. The minimum atomic E-state index is 0.105. The molecular weight excluding hydrogens is 252 g/mol. The first kappa shape index (κ1) is 11.0. The van der Waals surface area contributed by atoms with Crippen LogP contribution >= 0.6 is 15.9 Å². The lowest BCUT2D eigenvalue weighted by atomic mass is 10.1. The van der Waals surface area contributed by atoms with Gasteiger partial charge in [-0.25, -0.2) is 0 Å². The van der Waals surface area contributed by atoms with Gasteiger partial charge in [-0.15, -0.1) is 0 Å². The quantitative estimate of drug-likeness (QED) is 0.894. The molecule has 0 bridgehead atoms. The van der Waals surface area contributed by atoms with Crippen molar-refractivity contribution in [1.82, 2.24) is 0 Å². The second-order valence-electron chi connectivity index (χ2n) is 4.19. The van der Waals surface area contributed by atoms with Crippen molar-refractivity contribution >= 4 is 21.6 Å². The second kappa shape index (κ2) is 4.54. The normalized spacial score (nSPS) is 18.2. The number of halogens is 1. The third kappa shape index (κ3) is 2.34. The van der Waals surface area contributed by atoms with Crippen molar-refractivity contribution < 1.29 is 0 Å². The van der Waals surface area contributed by atoms with Crippen molar-refractivity contribution in [3.63, 3.8) is 0 Å². The van der Waals surface area contributed by atoms with Crippen LogP contribution in [-0.2, 0) is 0 Å². The standard InChI is InChI=1S/C12H17BrN2/c1-9(14)10-4-5-12(11(13)8-10)15-6-2-3-7-15/h4-5,8-9H,2-3,6-7,14H2,1H3/t9-/m0/s1. The fourth-order valence-electron chi connectivity index (χ4n) is 2.02. The van der Waals surface area contributed by atoms with Crippen LogP contribution in [-0.4, -0.2) is 13.1 Å². The molecule has 1 fully saturated rings. The van der Waals surface area contributed by atoms with Gasteiger partial charge in [0.2, 0.25) is 0 Å². The Bertz CT molecular complexity index is 343. The van der Waals surface area contributed by atoms with E-state index in [2.05, 4.69) is 39.0 Å². The van der Waals surface area contributed by atoms with Gasteiger partial charge < -0.3 is 10.6 Å². The van der Waals surface area contributed by atoms with E-state index in [9.17, 15) is 0 Å². The lowest BCUT2D eigenvalue weighted by Gasteiger charge is -2.20. The third-order valence-corrected chi connectivity index (χ3v) is 3.58. The van der Waals surface area contributed by atoms with Crippen molar-refractivity contribution in [2.24, 2.45) is 5.73 Å². The number of hydrogen-bond donors (Lipinski definition) is 1. The molecule has 1 aliphatic rings. The van der Waals surface area contributed by atoms with Crippen LogP contribution < -0.4 is 10.6 Å². The summed E-state index contributed by atoms with van der Waals surface area (Å²) in [7, 11) is 0. The molecule has 3 heteroatoms. The maximum Gasteiger partial charge on any atom is 0.0510 e. The Morgan fingerprint density at radius 1 is 1.33 bits per heavy atom. The Kier molecular flexibility index (Phi) is 3.32. The molecule has 1 aliphatic heterocycles. The molecule has 0 spiro atoms. The highest BCUT2D eigenvalue weighted by atomic mass is 79.9. The molecule has 0 radical (unpaired) electrons. The number of hydrogen-bond acceptors (Lipinski definition) is 2. The first-order valence-electron chi connectivity index (χ1n) is 5.48. The summed E-state index contributed by atoms with van der Waals surface area (Å²) in [5.74, 6) is 0. The van der Waals surface area contributed by atoms with Gasteiger partial charge in [-0.2, -0.15) is 0 Å². The Hall–Kier alpha value is -0.540. The Morgan fingerprint density at radius 2 is 2.00 bits per heavy atom. The molecule has 82 valence electrons. The SMILES string of the molecule is C[C@H](N)c1ccc(N2CCCC2)c(Br)c1. The van der Waals surface area contributed by atoms with E-state index in [1.54, 1.807) is 0 Å². The van der Waals surface area contributed by atoms with Gasteiger partial charge >= 0.3 is 0 Å². The molecule has 0 aliphatic carbocycles. The van der Waals surface area contributed by atoms with Crippen LogP contribution in [0.2, 0.25) is 0 Å². The summed E-state index contributed by atoms with van der Waals surface area (Å²) < 4.78 is 1.17. The molecule has 0 unspecified atom stereocenters. The van der Waals surface area contributed by atoms with Crippen LogP contribution in [0.5, 0.6) is 0 Å². The highest BCUT2D eigenvalue weighted by Crippen LogP contribution is 2.31. The molecule has 15 heavy (non-hydrogen) atoms. The molecule has 1 atom stereocenters. The minimum Gasteiger partial charge on any atom is -0.371 e. The average molecular weight is 269 g/mol. The zero-order chi connectivity index (χ0) is 10.8. The summed E-state index contributed by atoms with van der Waals surface area (Å²) in [6, 6.07) is 6.55. The van der Waals surface area contributed by atoms with Crippen LogP contribution in [0.1, 0.15) is 31.4 Å². The van der Waals surface area contributed by atoms with E-state index in [1.165, 1.54) is 41.7 Å². The van der Waals surface area contributed by atoms with Gasteiger partial charge in [-0.1, -0.05) is 6.07 Å². The van der Waals surface area contributed by atoms with Gasteiger partial charge in [-0.05, 0) is 53.4 Å². The lowest BCUT2D eigenvalue weighted by Crippen LogP contribution is -2.18. The first-order chi connectivity index (χ1) is 7.18. The second-order valence-corrected chi connectivity index (χ2v) is 5.05. The van der Waals surface area contributed by atoms with Crippen LogP contribution in [0, 0.1) is 0 Å². The largest absolute Gasteiger partial charge is 0.371 e. The topological polar surface area (TPSA) is 29.3 Å². The predicted octanol–water partition coefficient (Wildman–Crippen LogP) is 3.07. The van der Waals surface area contributed by atoms with Gasteiger partial charge in [-0.3, -0.25) is 0 Å². The fraction of sp³-hybridized carbons (Fsp3) is 0.500. The third-order valence-electron chi connectivity index (χ3n) is 2.94. The summed E-state index contributed by atoms with van der Waals surface area (Å²) in [6.07, 6.45) is 2.61. The molecule has 2 rings (SSSR count). The molecule has 1 saturated heterocycles. The van der Waals surface area contributed by atoms with E-state index in [-0.39, 0.29) is 6.04 Å². The number of rotatable bonds is 2. The molecule has 0 aromatic heterocycles. The molecule has 1 aromatic carbocycles. The van der Waals surface area contributed by atoms with Crippen LogP contribution in [0.25, 0.3) is 0 Å². The van der Waals surface area contributed by atoms with Gasteiger partial charge in [0.25, 0.3) is 0 Å². The van der Waals surface area contributed by atoms with Crippen LogP contribution in [0.3, 0.4) is 0 Å². The zero-order valence-electron chi connectivity index (χ0n) is 9.04. The van der Waals surface area contributed by atoms with Crippen molar-refractivity contribution in [2.75, 3.05) is 18.0 Å². The molecule has 0 amide bonds. The van der Waals surface area contributed by atoms with E-state index in [1.807, 2.05) is 6.92 Å². The summed E-state index contributed by atoms with van der Waals surface area (Å²) in [5.41, 5.74) is 8.34. The lowest BCUT2D eigenvalue weighted by molar-refractivity contribution is 0.816. The fourth-order valence-corrected chi connectivity index (χ4v) is 2.67. The maximum atomic E-state index is 5.85. The van der Waals surface area contributed by atoms with E-state index in [0.717, 1.165) is 0 Å². The Morgan fingerprint density at radius 3 is 2.53 bits per heavy atom. The number of nitrogens with two attached hydrogens (primary N) is 1. The predicted molar refractivity (Wildman–Crippen MR) is 68.2 cm³/mol. The average Bonchev–Trinajstić information content (AvgIpc) is 2.70. The molecule has 2 N–H and O–H groups in total. The highest BCUT2D eigenvalue weighted by molar-refractivity contribution is 9.10. The summed E-state index contributed by atoms with van der Waals surface area (Å²) >= 11 is 3.63. The first-order valence-corrected chi connectivity index (χ1v) is 6.28. The number of benzene rings is 1. The van der Waals surface area contributed by atoms with Gasteiger partial charge in [0, 0.05) is 23.6 Å². The molecular formula is C12H17BrN2. The van der Waals surface area contributed by atoms with Crippen LogP contribution in [0.15, 0.2) is 22.7 Å².